The fourth-order valence-corrected chi connectivity index (χ4v) is 4.44. The maximum absolute atomic E-state index is 12.9. The monoisotopic (exact) mass is 397 g/mol. The van der Waals surface area contributed by atoms with Crippen LogP contribution in [-0.4, -0.2) is 42.4 Å². The Bertz CT molecular complexity index is 693. The van der Waals surface area contributed by atoms with Crippen molar-refractivity contribution in [2.24, 2.45) is 0 Å². The van der Waals surface area contributed by atoms with Crippen LogP contribution in [0.25, 0.3) is 0 Å². The highest BCUT2D eigenvalue weighted by atomic mass is 16.5. The van der Waals surface area contributed by atoms with E-state index in [1.807, 2.05) is 31.2 Å². The molecular weight excluding hydrogens is 362 g/mol. The van der Waals surface area contributed by atoms with Crippen LogP contribution in [-0.2, 0) is 19.7 Å². The number of carbonyl (C=O) groups excluding carboxylic acids is 2. The first kappa shape index (κ1) is 21.8. The van der Waals surface area contributed by atoms with E-state index in [0.717, 1.165) is 58.0 Å². The minimum atomic E-state index is -0.250. The molecule has 0 aromatic heterocycles. The van der Waals surface area contributed by atoms with Crippen LogP contribution in [0.2, 0.25) is 0 Å². The average molecular weight is 398 g/mol. The molecule has 0 unspecified atom stereocenters. The van der Waals surface area contributed by atoms with Crippen LogP contribution in [0.15, 0.2) is 42.5 Å². The summed E-state index contributed by atoms with van der Waals surface area (Å²) in [5.74, 6) is 0.195. The van der Waals surface area contributed by atoms with Crippen molar-refractivity contribution in [2.75, 3.05) is 19.7 Å². The minimum absolute atomic E-state index is 0.0779. The van der Waals surface area contributed by atoms with Gasteiger partial charge in [-0.2, -0.15) is 0 Å². The molecule has 0 radical (unpaired) electrons. The highest BCUT2D eigenvalue weighted by molar-refractivity contribution is 6.01. The number of unbranched alkanes of at least 4 members (excludes halogenated alkanes) is 3. The highest BCUT2D eigenvalue weighted by Crippen LogP contribution is 2.49. The van der Waals surface area contributed by atoms with Crippen molar-refractivity contribution in [3.8, 4) is 0 Å². The number of hydrogen-bond acceptors (Lipinski definition) is 4. The van der Waals surface area contributed by atoms with E-state index in [0.29, 0.717) is 19.1 Å². The van der Waals surface area contributed by atoms with Crippen molar-refractivity contribution in [3.63, 3.8) is 0 Å². The summed E-state index contributed by atoms with van der Waals surface area (Å²) < 4.78 is 4.96. The van der Waals surface area contributed by atoms with E-state index >= 15 is 0 Å². The normalized spacial score (nSPS) is 20.8. The Morgan fingerprint density at radius 2 is 1.90 bits per heavy atom. The molecule has 2 fully saturated rings. The lowest BCUT2D eigenvalue weighted by molar-refractivity contribution is -0.143. The molecule has 4 nitrogen and oxygen atoms in total. The number of hydrogen-bond donors (Lipinski definition) is 0. The molecular formula is C25H35NO3. The Hall–Kier alpha value is -1.94. The zero-order chi connectivity index (χ0) is 20.5. The fraction of sp³-hybridized carbons (Fsp3) is 0.600. The van der Waals surface area contributed by atoms with E-state index in [-0.39, 0.29) is 17.2 Å². The number of carbonyl (C=O) groups is 2. The number of esters is 1. The lowest BCUT2D eigenvalue weighted by Crippen LogP contribution is -2.29. The van der Waals surface area contributed by atoms with Crippen molar-refractivity contribution in [1.82, 2.24) is 4.90 Å². The van der Waals surface area contributed by atoms with Crippen LogP contribution in [0.5, 0.6) is 0 Å². The summed E-state index contributed by atoms with van der Waals surface area (Å²) in [7, 11) is 0. The molecule has 0 spiro atoms. The largest absolute Gasteiger partial charge is 0.466 e. The van der Waals surface area contributed by atoms with Gasteiger partial charge in [-0.25, -0.2) is 0 Å². The van der Waals surface area contributed by atoms with Gasteiger partial charge in [-0.3, -0.25) is 14.5 Å². The molecule has 0 amide bonds. The van der Waals surface area contributed by atoms with Gasteiger partial charge in [0, 0.05) is 12.5 Å². The Morgan fingerprint density at radius 1 is 1.14 bits per heavy atom. The summed E-state index contributed by atoms with van der Waals surface area (Å²) in [4.78, 5) is 26.7. The van der Waals surface area contributed by atoms with Gasteiger partial charge in [-0.05, 0) is 70.2 Å². The maximum Gasteiger partial charge on any atom is 0.305 e. The van der Waals surface area contributed by atoms with Gasteiger partial charge in [0.2, 0.25) is 0 Å². The summed E-state index contributed by atoms with van der Waals surface area (Å²) in [6.07, 6.45) is 13.1. The molecule has 4 heteroatoms. The van der Waals surface area contributed by atoms with Crippen molar-refractivity contribution in [2.45, 2.75) is 76.2 Å². The van der Waals surface area contributed by atoms with Gasteiger partial charge in [-0.15, -0.1) is 0 Å². The third kappa shape index (κ3) is 6.02. The van der Waals surface area contributed by atoms with E-state index in [1.165, 1.54) is 12.0 Å². The highest BCUT2D eigenvalue weighted by Gasteiger charge is 2.49. The number of rotatable bonds is 12. The standard InChI is InChI=1S/C25H35NO3/c1-2-29-24(28)14-8-3-4-9-19-26-20-10-13-22(26)15-16-23(27)25(17-18-25)21-11-6-5-7-12-21/h5-7,11-12,15-16,22H,2-4,8-10,13-14,17-20H2,1H3/b16-15+/t22-/m1/s1. The molecule has 1 atom stereocenters. The lowest BCUT2D eigenvalue weighted by Gasteiger charge is -2.22. The molecule has 1 aliphatic carbocycles. The third-order valence-corrected chi connectivity index (χ3v) is 6.31. The topological polar surface area (TPSA) is 46.6 Å². The van der Waals surface area contributed by atoms with Crippen LogP contribution in [0.4, 0.5) is 0 Å². The number of benzene rings is 1. The van der Waals surface area contributed by atoms with Crippen molar-refractivity contribution < 1.29 is 14.3 Å². The lowest BCUT2D eigenvalue weighted by atomic mass is 9.91. The number of ether oxygens (including phenoxy) is 1. The summed E-state index contributed by atoms with van der Waals surface area (Å²) in [6.45, 7) is 4.51. The van der Waals surface area contributed by atoms with Gasteiger partial charge in [0.15, 0.2) is 5.78 Å². The maximum atomic E-state index is 12.9. The molecule has 2 aliphatic rings. The summed E-state index contributed by atoms with van der Waals surface area (Å²) in [5, 5.41) is 0. The van der Waals surface area contributed by atoms with Crippen LogP contribution in [0.1, 0.15) is 70.3 Å². The van der Waals surface area contributed by atoms with Crippen LogP contribution < -0.4 is 0 Å². The van der Waals surface area contributed by atoms with Crippen LogP contribution >= 0.6 is 0 Å². The van der Waals surface area contributed by atoms with E-state index in [2.05, 4.69) is 23.1 Å². The molecule has 29 heavy (non-hydrogen) atoms. The second-order valence-corrected chi connectivity index (χ2v) is 8.39. The smallest absolute Gasteiger partial charge is 0.305 e. The first-order valence-corrected chi connectivity index (χ1v) is 11.3. The molecule has 3 rings (SSSR count). The Kier molecular flexibility index (Phi) is 8.05. The average Bonchev–Trinajstić information content (AvgIpc) is 3.43. The summed E-state index contributed by atoms with van der Waals surface area (Å²) in [5.41, 5.74) is 0.917. The first-order valence-electron chi connectivity index (χ1n) is 11.3. The number of allylic oxidation sites excluding steroid dienone is 1. The zero-order valence-corrected chi connectivity index (χ0v) is 17.8. The SMILES string of the molecule is CCOC(=O)CCCCCCN1CCC[C@@H]1/C=C/C(=O)C1(c2ccccc2)CC1. The van der Waals surface area contributed by atoms with Gasteiger partial charge in [0.1, 0.15) is 0 Å². The number of likely N-dealkylation sites (tertiary alicyclic amines) is 1. The van der Waals surface area contributed by atoms with Gasteiger partial charge < -0.3 is 4.74 Å². The molecule has 1 aromatic rings. The van der Waals surface area contributed by atoms with Gasteiger partial charge in [0.25, 0.3) is 0 Å². The second-order valence-electron chi connectivity index (χ2n) is 8.39. The molecule has 0 bridgehead atoms. The molecule has 1 saturated heterocycles. The number of ketones is 1. The predicted octanol–water partition coefficient (Wildman–Crippen LogP) is 4.82. The number of nitrogens with zero attached hydrogens (tertiary/aromatic N) is 1. The van der Waals surface area contributed by atoms with Gasteiger partial charge in [0.05, 0.1) is 12.0 Å². The molecule has 1 aromatic carbocycles. The molecule has 0 N–H and O–H groups in total. The molecule has 1 heterocycles. The molecule has 1 aliphatic heterocycles. The fourth-order valence-electron chi connectivity index (χ4n) is 4.44. The van der Waals surface area contributed by atoms with E-state index < -0.39 is 0 Å². The van der Waals surface area contributed by atoms with E-state index in [4.69, 9.17) is 4.74 Å². The zero-order valence-electron chi connectivity index (χ0n) is 17.8. The van der Waals surface area contributed by atoms with E-state index in [9.17, 15) is 9.59 Å². The molecule has 158 valence electrons. The minimum Gasteiger partial charge on any atom is -0.466 e. The first-order chi connectivity index (χ1) is 14.2. The van der Waals surface area contributed by atoms with Crippen molar-refractivity contribution in [3.05, 3.63) is 48.0 Å². The van der Waals surface area contributed by atoms with Crippen LogP contribution in [0.3, 0.4) is 0 Å². The van der Waals surface area contributed by atoms with Gasteiger partial charge in [-0.1, -0.05) is 49.2 Å². The van der Waals surface area contributed by atoms with E-state index in [1.54, 1.807) is 0 Å². The van der Waals surface area contributed by atoms with Crippen molar-refractivity contribution >= 4 is 11.8 Å². The Morgan fingerprint density at radius 3 is 2.62 bits per heavy atom. The Labute approximate surface area is 175 Å². The summed E-state index contributed by atoms with van der Waals surface area (Å²) >= 11 is 0. The second kappa shape index (κ2) is 10.7. The quantitative estimate of drug-likeness (QED) is 0.288. The van der Waals surface area contributed by atoms with Crippen LogP contribution in [0, 0.1) is 0 Å². The van der Waals surface area contributed by atoms with Gasteiger partial charge >= 0.3 is 5.97 Å². The van der Waals surface area contributed by atoms with Crippen molar-refractivity contribution in [1.29, 1.82) is 0 Å². The third-order valence-electron chi connectivity index (χ3n) is 6.31. The predicted molar refractivity (Wildman–Crippen MR) is 116 cm³/mol. The summed E-state index contributed by atoms with van der Waals surface area (Å²) in [6, 6.07) is 10.6. The molecule has 1 saturated carbocycles. The Balaban J connectivity index is 1.39.